The van der Waals surface area contributed by atoms with Crippen molar-refractivity contribution in [2.24, 2.45) is 0 Å². The number of benzene rings is 2. The van der Waals surface area contributed by atoms with Gasteiger partial charge in [-0.3, -0.25) is 0 Å². The number of phenols is 1. The summed E-state index contributed by atoms with van der Waals surface area (Å²) in [6, 6.07) is 14.1. The maximum absolute atomic E-state index is 9.86. The molecule has 112 valence electrons. The van der Waals surface area contributed by atoms with Gasteiger partial charge in [0.1, 0.15) is 5.75 Å². The van der Waals surface area contributed by atoms with Gasteiger partial charge in [-0.25, -0.2) is 4.68 Å². The topological polar surface area (TPSA) is 63.8 Å². The van der Waals surface area contributed by atoms with E-state index in [1.165, 1.54) is 5.56 Å². The zero-order valence-electron chi connectivity index (χ0n) is 12.7. The largest absolute Gasteiger partial charge is 0.507 e. The molecule has 1 heterocycles. The van der Waals surface area contributed by atoms with E-state index in [-0.39, 0.29) is 0 Å². The van der Waals surface area contributed by atoms with Crippen LogP contribution in [-0.4, -0.2) is 25.3 Å². The summed E-state index contributed by atoms with van der Waals surface area (Å²) in [5, 5.41) is 21.9. The van der Waals surface area contributed by atoms with Crippen LogP contribution in [0.1, 0.15) is 28.1 Å². The van der Waals surface area contributed by atoms with Gasteiger partial charge in [-0.15, -0.1) is 5.10 Å². The SMILES string of the molecule is Cc1cc(Cn2nnnc2Cc2ccccc2)cc(C)c1O. The molecule has 22 heavy (non-hydrogen) atoms. The molecule has 0 fully saturated rings. The third-order valence-electron chi connectivity index (χ3n) is 3.69. The van der Waals surface area contributed by atoms with Gasteiger partial charge in [0.25, 0.3) is 0 Å². The van der Waals surface area contributed by atoms with Gasteiger partial charge in [0.15, 0.2) is 5.82 Å². The molecule has 1 aromatic heterocycles. The molecule has 0 aliphatic rings. The Kier molecular flexibility index (Phi) is 3.87. The molecule has 5 nitrogen and oxygen atoms in total. The molecule has 3 rings (SSSR count). The van der Waals surface area contributed by atoms with Crippen molar-refractivity contribution in [1.82, 2.24) is 20.2 Å². The predicted molar refractivity (Wildman–Crippen MR) is 83.7 cm³/mol. The van der Waals surface area contributed by atoms with Crippen LogP contribution in [0.25, 0.3) is 0 Å². The van der Waals surface area contributed by atoms with E-state index in [2.05, 4.69) is 27.7 Å². The van der Waals surface area contributed by atoms with Crippen LogP contribution >= 0.6 is 0 Å². The number of phenolic OH excluding ortho intramolecular Hbond substituents is 1. The second-order valence-corrected chi connectivity index (χ2v) is 5.49. The van der Waals surface area contributed by atoms with Gasteiger partial charge in [0.05, 0.1) is 6.54 Å². The van der Waals surface area contributed by atoms with Gasteiger partial charge in [-0.05, 0) is 46.5 Å². The van der Waals surface area contributed by atoms with Crippen LogP contribution in [-0.2, 0) is 13.0 Å². The Balaban J connectivity index is 1.84. The summed E-state index contributed by atoms with van der Waals surface area (Å²) in [6.07, 6.45) is 0.698. The van der Waals surface area contributed by atoms with Gasteiger partial charge in [-0.2, -0.15) is 0 Å². The van der Waals surface area contributed by atoms with Crippen molar-refractivity contribution in [1.29, 1.82) is 0 Å². The molecule has 0 radical (unpaired) electrons. The molecule has 3 aromatic rings. The lowest BCUT2D eigenvalue weighted by Gasteiger charge is -2.09. The highest BCUT2D eigenvalue weighted by Crippen LogP contribution is 2.23. The van der Waals surface area contributed by atoms with Gasteiger partial charge in [0.2, 0.25) is 0 Å². The van der Waals surface area contributed by atoms with Crippen molar-refractivity contribution >= 4 is 0 Å². The Morgan fingerprint density at radius 3 is 2.36 bits per heavy atom. The van der Waals surface area contributed by atoms with Crippen LogP contribution in [0, 0.1) is 13.8 Å². The zero-order chi connectivity index (χ0) is 15.5. The number of tetrazole rings is 1. The lowest BCUT2D eigenvalue weighted by atomic mass is 10.1. The van der Waals surface area contributed by atoms with E-state index < -0.39 is 0 Å². The van der Waals surface area contributed by atoms with E-state index >= 15 is 0 Å². The molecule has 0 spiro atoms. The number of aromatic nitrogens is 4. The maximum atomic E-state index is 9.86. The number of hydrogen-bond acceptors (Lipinski definition) is 4. The summed E-state index contributed by atoms with van der Waals surface area (Å²) in [4.78, 5) is 0. The highest BCUT2D eigenvalue weighted by Gasteiger charge is 2.09. The third-order valence-corrected chi connectivity index (χ3v) is 3.69. The standard InChI is InChI=1S/C17H18N4O/c1-12-8-15(9-13(2)17(12)22)11-21-16(18-19-20-21)10-14-6-4-3-5-7-14/h3-9,22H,10-11H2,1-2H3. The van der Waals surface area contributed by atoms with Gasteiger partial charge < -0.3 is 5.11 Å². The zero-order valence-corrected chi connectivity index (χ0v) is 12.7. The number of hydrogen-bond donors (Lipinski definition) is 1. The van der Waals surface area contributed by atoms with Crippen molar-refractivity contribution < 1.29 is 5.11 Å². The predicted octanol–water partition coefficient (Wildman–Crippen LogP) is 2.63. The molecule has 1 N–H and O–H groups in total. The van der Waals surface area contributed by atoms with E-state index in [1.54, 1.807) is 4.68 Å². The first-order chi connectivity index (χ1) is 10.6. The van der Waals surface area contributed by atoms with Crippen LogP contribution in [0.2, 0.25) is 0 Å². The monoisotopic (exact) mass is 294 g/mol. The van der Waals surface area contributed by atoms with E-state index in [0.29, 0.717) is 18.7 Å². The van der Waals surface area contributed by atoms with Crippen LogP contribution in [0.15, 0.2) is 42.5 Å². The summed E-state index contributed by atoms with van der Waals surface area (Å²) in [5.74, 6) is 1.18. The second-order valence-electron chi connectivity index (χ2n) is 5.49. The highest BCUT2D eigenvalue weighted by molar-refractivity contribution is 5.42. The third kappa shape index (κ3) is 2.98. The van der Waals surface area contributed by atoms with E-state index in [9.17, 15) is 5.11 Å². The van der Waals surface area contributed by atoms with Crippen LogP contribution in [0.4, 0.5) is 0 Å². The minimum absolute atomic E-state index is 0.352. The van der Waals surface area contributed by atoms with E-state index in [1.807, 2.05) is 44.2 Å². The molecule has 0 unspecified atom stereocenters. The lowest BCUT2D eigenvalue weighted by Crippen LogP contribution is -2.08. The van der Waals surface area contributed by atoms with Crippen molar-refractivity contribution in [2.45, 2.75) is 26.8 Å². The van der Waals surface area contributed by atoms with Crippen molar-refractivity contribution in [3.8, 4) is 5.75 Å². The Morgan fingerprint density at radius 2 is 1.68 bits per heavy atom. The van der Waals surface area contributed by atoms with Gasteiger partial charge >= 0.3 is 0 Å². The first kappa shape index (κ1) is 14.3. The smallest absolute Gasteiger partial charge is 0.156 e. The maximum Gasteiger partial charge on any atom is 0.156 e. The molecular formula is C17H18N4O. The van der Waals surface area contributed by atoms with Crippen LogP contribution < -0.4 is 0 Å². The van der Waals surface area contributed by atoms with Crippen molar-refractivity contribution in [3.05, 3.63) is 70.5 Å². The van der Waals surface area contributed by atoms with Gasteiger partial charge in [0, 0.05) is 6.42 Å². The number of aromatic hydroxyl groups is 1. The molecule has 0 saturated carbocycles. The molecule has 0 saturated heterocycles. The number of aryl methyl sites for hydroxylation is 2. The Hall–Kier alpha value is -2.69. The molecule has 5 heteroatoms. The molecule has 0 aliphatic carbocycles. The fraction of sp³-hybridized carbons (Fsp3) is 0.235. The van der Waals surface area contributed by atoms with E-state index in [0.717, 1.165) is 22.5 Å². The summed E-state index contributed by atoms with van der Waals surface area (Å²) >= 11 is 0. The summed E-state index contributed by atoms with van der Waals surface area (Å²) < 4.78 is 1.80. The Bertz CT molecular complexity index is 757. The molecule has 0 atom stereocenters. The molecule has 0 bridgehead atoms. The van der Waals surface area contributed by atoms with Crippen LogP contribution in [0.3, 0.4) is 0 Å². The summed E-state index contributed by atoms with van der Waals surface area (Å²) in [6.45, 7) is 4.39. The minimum Gasteiger partial charge on any atom is -0.507 e. The number of nitrogens with zero attached hydrogens (tertiary/aromatic N) is 4. The Morgan fingerprint density at radius 1 is 1.00 bits per heavy atom. The second kappa shape index (κ2) is 5.97. The molecule has 0 aliphatic heterocycles. The van der Waals surface area contributed by atoms with Crippen molar-refractivity contribution in [3.63, 3.8) is 0 Å². The summed E-state index contributed by atoms with van der Waals surface area (Å²) in [5.41, 5.74) is 3.99. The highest BCUT2D eigenvalue weighted by atomic mass is 16.3. The quantitative estimate of drug-likeness (QED) is 0.803. The van der Waals surface area contributed by atoms with Crippen molar-refractivity contribution in [2.75, 3.05) is 0 Å². The van der Waals surface area contributed by atoms with Gasteiger partial charge in [-0.1, -0.05) is 42.5 Å². The van der Waals surface area contributed by atoms with E-state index in [4.69, 9.17) is 0 Å². The normalized spacial score (nSPS) is 10.8. The fourth-order valence-corrected chi connectivity index (χ4v) is 2.56. The molecule has 2 aromatic carbocycles. The fourth-order valence-electron chi connectivity index (χ4n) is 2.56. The first-order valence-electron chi connectivity index (χ1n) is 7.21. The summed E-state index contributed by atoms with van der Waals surface area (Å²) in [7, 11) is 0. The molecular weight excluding hydrogens is 276 g/mol. The minimum atomic E-state index is 0.352. The average molecular weight is 294 g/mol. The lowest BCUT2D eigenvalue weighted by molar-refractivity contribution is 0.466. The van der Waals surface area contributed by atoms with Crippen LogP contribution in [0.5, 0.6) is 5.75 Å². The first-order valence-corrected chi connectivity index (χ1v) is 7.21. The Labute approximate surface area is 129 Å². The molecule has 0 amide bonds. The number of rotatable bonds is 4. The average Bonchev–Trinajstić information content (AvgIpc) is 2.93.